The highest BCUT2D eigenvalue weighted by molar-refractivity contribution is 7.99. The van der Waals surface area contributed by atoms with Crippen molar-refractivity contribution >= 4 is 17.7 Å². The Morgan fingerprint density at radius 1 is 1.50 bits per heavy atom. The zero-order chi connectivity index (χ0) is 11.4. The van der Waals surface area contributed by atoms with E-state index in [0.717, 1.165) is 11.8 Å². The lowest BCUT2D eigenvalue weighted by molar-refractivity contribution is -0.133. The molecule has 0 fully saturated rings. The van der Waals surface area contributed by atoms with Crippen LogP contribution in [-0.4, -0.2) is 37.0 Å². The van der Waals surface area contributed by atoms with Crippen LogP contribution < -0.4 is 0 Å². The Bertz CT molecular complexity index is 485. The van der Waals surface area contributed by atoms with Crippen LogP contribution in [0.5, 0.6) is 0 Å². The van der Waals surface area contributed by atoms with Crippen LogP contribution in [0.25, 0.3) is 11.5 Å². The molecule has 2 aromatic rings. The molecule has 2 aromatic heterocycles. The first-order valence-corrected chi connectivity index (χ1v) is 5.42. The van der Waals surface area contributed by atoms with E-state index in [1.165, 1.54) is 0 Å². The maximum atomic E-state index is 10.4. The Hall–Kier alpha value is -1.89. The van der Waals surface area contributed by atoms with E-state index in [9.17, 15) is 4.79 Å². The lowest BCUT2D eigenvalue weighted by atomic mass is 10.3. The van der Waals surface area contributed by atoms with Crippen LogP contribution in [0.2, 0.25) is 0 Å². The minimum atomic E-state index is -0.894. The molecule has 0 atom stereocenters. The van der Waals surface area contributed by atoms with Crippen molar-refractivity contribution in [3.63, 3.8) is 0 Å². The molecule has 0 spiro atoms. The number of carboxylic acids is 1. The third-order valence-corrected chi connectivity index (χ3v) is 2.53. The van der Waals surface area contributed by atoms with Gasteiger partial charge in [-0.25, -0.2) is 0 Å². The van der Waals surface area contributed by atoms with Gasteiger partial charge in [-0.2, -0.15) is 4.98 Å². The van der Waals surface area contributed by atoms with Gasteiger partial charge < -0.3 is 5.11 Å². The van der Waals surface area contributed by atoms with Crippen molar-refractivity contribution in [1.82, 2.24) is 20.2 Å². The van der Waals surface area contributed by atoms with Crippen LogP contribution in [-0.2, 0) is 4.79 Å². The summed E-state index contributed by atoms with van der Waals surface area (Å²) in [5.41, 5.74) is 0.678. The molecule has 2 N–H and O–H groups in total. The average Bonchev–Trinajstić information content (AvgIpc) is 2.76. The number of pyridine rings is 1. The Morgan fingerprint density at radius 3 is 3.06 bits per heavy atom. The molecule has 0 aliphatic heterocycles. The van der Waals surface area contributed by atoms with Gasteiger partial charge in [0.2, 0.25) is 5.16 Å². The van der Waals surface area contributed by atoms with Gasteiger partial charge in [-0.15, -0.1) is 5.10 Å². The molecule has 2 heterocycles. The molecule has 16 heavy (non-hydrogen) atoms. The molecular weight excluding hydrogens is 228 g/mol. The van der Waals surface area contributed by atoms with Crippen LogP contribution in [0.4, 0.5) is 0 Å². The maximum Gasteiger partial charge on any atom is 0.313 e. The molecular formula is C9H8N4O2S. The fraction of sp³-hybridized carbons (Fsp3) is 0.111. The summed E-state index contributed by atoms with van der Waals surface area (Å²) < 4.78 is 0. The number of aromatic amines is 1. The van der Waals surface area contributed by atoms with Crippen LogP contribution in [0.15, 0.2) is 29.6 Å². The standard InChI is InChI=1S/C9H8N4O2S/c14-7(15)5-16-9-11-8(12-13-9)6-3-1-2-4-10-6/h1-4H,5H2,(H,14,15)(H,11,12,13). The molecule has 6 nitrogen and oxygen atoms in total. The Kier molecular flexibility index (Phi) is 3.16. The highest BCUT2D eigenvalue weighted by Crippen LogP contribution is 2.16. The lowest BCUT2D eigenvalue weighted by Crippen LogP contribution is -1.97. The van der Waals surface area contributed by atoms with Crippen LogP contribution in [0.1, 0.15) is 0 Å². The number of H-pyrrole nitrogens is 1. The number of nitrogens with zero attached hydrogens (tertiary/aromatic N) is 3. The number of aromatic nitrogens is 4. The SMILES string of the molecule is O=C(O)CSc1n[nH]c(-c2ccccn2)n1. The van der Waals surface area contributed by atoms with Crippen molar-refractivity contribution < 1.29 is 9.90 Å². The predicted octanol–water partition coefficient (Wildman–Crippen LogP) is 1.04. The van der Waals surface area contributed by atoms with Crippen molar-refractivity contribution in [3.05, 3.63) is 24.4 Å². The summed E-state index contributed by atoms with van der Waals surface area (Å²) in [7, 11) is 0. The fourth-order valence-electron chi connectivity index (χ4n) is 1.05. The maximum absolute atomic E-state index is 10.4. The van der Waals surface area contributed by atoms with E-state index in [4.69, 9.17) is 5.11 Å². The van der Waals surface area contributed by atoms with Crippen molar-refractivity contribution in [3.8, 4) is 11.5 Å². The number of aliphatic carboxylic acids is 1. The summed E-state index contributed by atoms with van der Waals surface area (Å²) in [5, 5.41) is 15.5. The van der Waals surface area contributed by atoms with Crippen LogP contribution >= 0.6 is 11.8 Å². The molecule has 0 saturated carbocycles. The monoisotopic (exact) mass is 236 g/mol. The number of carboxylic acid groups (broad SMARTS) is 1. The van der Waals surface area contributed by atoms with Crippen molar-refractivity contribution in [2.75, 3.05) is 5.75 Å². The molecule has 0 aliphatic carbocycles. The fourth-order valence-corrected chi connectivity index (χ4v) is 1.57. The number of nitrogens with one attached hydrogen (secondary N) is 1. The Balaban J connectivity index is 2.11. The third-order valence-electron chi connectivity index (χ3n) is 1.70. The lowest BCUT2D eigenvalue weighted by Gasteiger charge is -1.91. The molecule has 0 amide bonds. The smallest absolute Gasteiger partial charge is 0.313 e. The van der Waals surface area contributed by atoms with E-state index >= 15 is 0 Å². The number of rotatable bonds is 4. The van der Waals surface area contributed by atoms with E-state index in [1.54, 1.807) is 18.3 Å². The Labute approximate surface area is 95.1 Å². The van der Waals surface area contributed by atoms with Crippen LogP contribution in [0.3, 0.4) is 0 Å². The normalized spacial score (nSPS) is 10.2. The number of hydrogen-bond acceptors (Lipinski definition) is 5. The summed E-state index contributed by atoms with van der Waals surface area (Å²) in [6.45, 7) is 0. The first-order valence-electron chi connectivity index (χ1n) is 4.44. The number of thioether (sulfide) groups is 1. The van der Waals surface area contributed by atoms with Gasteiger partial charge in [0.1, 0.15) is 5.69 Å². The second-order valence-electron chi connectivity index (χ2n) is 2.86. The predicted molar refractivity (Wildman–Crippen MR) is 58.0 cm³/mol. The molecule has 0 saturated heterocycles. The molecule has 0 aliphatic rings. The van der Waals surface area contributed by atoms with E-state index in [1.807, 2.05) is 6.07 Å². The van der Waals surface area contributed by atoms with Gasteiger partial charge in [0, 0.05) is 6.20 Å². The first kappa shape index (κ1) is 10.6. The second-order valence-corrected chi connectivity index (χ2v) is 3.81. The van der Waals surface area contributed by atoms with Gasteiger partial charge in [0.15, 0.2) is 5.82 Å². The van der Waals surface area contributed by atoms with Gasteiger partial charge >= 0.3 is 5.97 Å². The minimum absolute atomic E-state index is 0.0560. The van der Waals surface area contributed by atoms with Gasteiger partial charge in [0.25, 0.3) is 0 Å². The zero-order valence-electron chi connectivity index (χ0n) is 8.12. The van der Waals surface area contributed by atoms with E-state index < -0.39 is 5.97 Å². The Morgan fingerprint density at radius 2 is 2.38 bits per heavy atom. The highest BCUT2D eigenvalue weighted by atomic mass is 32.2. The van der Waals surface area contributed by atoms with Gasteiger partial charge in [-0.1, -0.05) is 17.8 Å². The number of carbonyl (C=O) groups is 1. The summed E-state index contributed by atoms with van der Waals surface area (Å²) >= 11 is 1.06. The molecule has 7 heteroatoms. The molecule has 2 rings (SSSR count). The minimum Gasteiger partial charge on any atom is -0.481 e. The van der Waals surface area contributed by atoms with Crippen molar-refractivity contribution in [2.24, 2.45) is 0 Å². The van der Waals surface area contributed by atoms with Gasteiger partial charge in [-0.3, -0.25) is 14.9 Å². The summed E-state index contributed by atoms with van der Waals surface area (Å²) in [6, 6.07) is 5.45. The quantitative estimate of drug-likeness (QED) is 0.771. The second kappa shape index (κ2) is 4.75. The molecule has 82 valence electrons. The molecule has 0 unspecified atom stereocenters. The third kappa shape index (κ3) is 2.57. The van der Waals surface area contributed by atoms with Gasteiger partial charge in [-0.05, 0) is 12.1 Å². The summed E-state index contributed by atoms with van der Waals surface area (Å²) in [5.74, 6) is -0.415. The topological polar surface area (TPSA) is 91.8 Å². The number of hydrogen-bond donors (Lipinski definition) is 2. The largest absolute Gasteiger partial charge is 0.481 e. The van der Waals surface area contributed by atoms with E-state index in [2.05, 4.69) is 20.2 Å². The van der Waals surface area contributed by atoms with Crippen molar-refractivity contribution in [1.29, 1.82) is 0 Å². The first-order chi connectivity index (χ1) is 7.75. The van der Waals surface area contributed by atoms with E-state index in [0.29, 0.717) is 16.7 Å². The molecule has 0 aromatic carbocycles. The molecule has 0 bridgehead atoms. The summed E-state index contributed by atoms with van der Waals surface area (Å²) in [4.78, 5) is 18.6. The zero-order valence-corrected chi connectivity index (χ0v) is 8.94. The molecule has 0 radical (unpaired) electrons. The van der Waals surface area contributed by atoms with E-state index in [-0.39, 0.29) is 5.75 Å². The van der Waals surface area contributed by atoms with Crippen molar-refractivity contribution in [2.45, 2.75) is 5.16 Å². The van der Waals surface area contributed by atoms with Gasteiger partial charge in [0.05, 0.1) is 5.75 Å². The highest BCUT2D eigenvalue weighted by Gasteiger charge is 2.08. The van der Waals surface area contributed by atoms with Crippen LogP contribution in [0, 0.1) is 0 Å². The average molecular weight is 236 g/mol. The summed E-state index contributed by atoms with van der Waals surface area (Å²) in [6.07, 6.45) is 1.65.